The zero-order chi connectivity index (χ0) is 12.4. The summed E-state index contributed by atoms with van der Waals surface area (Å²) in [7, 11) is 0. The van der Waals surface area contributed by atoms with E-state index in [9.17, 15) is 4.79 Å². The van der Waals surface area contributed by atoms with Crippen molar-refractivity contribution in [2.45, 2.75) is 12.5 Å². The highest BCUT2D eigenvalue weighted by Crippen LogP contribution is 2.28. The molecule has 1 aromatic carbocycles. The maximum atomic E-state index is 12.0. The van der Waals surface area contributed by atoms with Crippen LogP contribution in [0.2, 0.25) is 0 Å². The van der Waals surface area contributed by atoms with Gasteiger partial charge in [-0.15, -0.1) is 0 Å². The first-order valence-corrected chi connectivity index (χ1v) is 5.78. The zero-order valence-corrected chi connectivity index (χ0v) is 9.67. The summed E-state index contributed by atoms with van der Waals surface area (Å²) in [4.78, 5) is 16.0. The third kappa shape index (κ3) is 2.05. The highest BCUT2D eigenvalue weighted by molar-refractivity contribution is 5.94. The van der Waals surface area contributed by atoms with E-state index in [1.807, 2.05) is 24.3 Å². The predicted molar refractivity (Wildman–Crippen MR) is 67.4 cm³/mol. The number of carbonyl (C=O) groups excluding carboxylic acids is 1. The van der Waals surface area contributed by atoms with Crippen molar-refractivity contribution in [3.63, 3.8) is 0 Å². The summed E-state index contributed by atoms with van der Waals surface area (Å²) < 4.78 is 5.61. The molecule has 90 valence electrons. The van der Waals surface area contributed by atoms with E-state index >= 15 is 0 Å². The number of anilines is 1. The number of benzene rings is 1. The molecule has 0 bridgehead atoms. The molecule has 1 N–H and O–H groups in total. The standard InChI is InChI=1S/C14H12N2O2/c17-14(16-11-5-3-7-15-9-11)13-8-10-4-1-2-6-12(10)18-13/h1-7,9,13H,8H2,(H,16,17). The lowest BCUT2D eigenvalue weighted by Crippen LogP contribution is -2.31. The molecule has 4 nitrogen and oxygen atoms in total. The molecule has 2 aromatic rings. The topological polar surface area (TPSA) is 51.2 Å². The molecule has 0 radical (unpaired) electrons. The van der Waals surface area contributed by atoms with Gasteiger partial charge in [-0.2, -0.15) is 0 Å². The zero-order valence-electron chi connectivity index (χ0n) is 9.67. The van der Waals surface area contributed by atoms with E-state index in [0.29, 0.717) is 12.1 Å². The maximum Gasteiger partial charge on any atom is 0.265 e. The van der Waals surface area contributed by atoms with Crippen LogP contribution >= 0.6 is 0 Å². The van der Waals surface area contributed by atoms with E-state index in [0.717, 1.165) is 11.3 Å². The van der Waals surface area contributed by atoms with Gasteiger partial charge in [-0.3, -0.25) is 9.78 Å². The fourth-order valence-corrected chi connectivity index (χ4v) is 1.99. The first-order chi connectivity index (χ1) is 8.83. The van der Waals surface area contributed by atoms with Crippen molar-refractivity contribution < 1.29 is 9.53 Å². The Labute approximate surface area is 105 Å². The van der Waals surface area contributed by atoms with Crippen LogP contribution in [-0.2, 0) is 11.2 Å². The maximum absolute atomic E-state index is 12.0. The molecule has 1 atom stereocenters. The van der Waals surface area contributed by atoms with Gasteiger partial charge < -0.3 is 10.1 Å². The number of carbonyl (C=O) groups is 1. The Balaban J connectivity index is 1.70. The molecule has 3 rings (SSSR count). The first-order valence-electron chi connectivity index (χ1n) is 5.78. The number of para-hydroxylation sites is 1. The molecule has 0 aliphatic carbocycles. The Morgan fingerprint density at radius 2 is 2.17 bits per heavy atom. The van der Waals surface area contributed by atoms with Gasteiger partial charge in [0.2, 0.25) is 0 Å². The quantitative estimate of drug-likeness (QED) is 0.873. The monoisotopic (exact) mass is 240 g/mol. The molecule has 1 amide bonds. The van der Waals surface area contributed by atoms with Crippen molar-refractivity contribution in [1.29, 1.82) is 0 Å². The predicted octanol–water partition coefficient (Wildman–Crippen LogP) is 2.02. The Morgan fingerprint density at radius 3 is 2.94 bits per heavy atom. The summed E-state index contributed by atoms with van der Waals surface area (Å²) in [5.41, 5.74) is 1.76. The SMILES string of the molecule is O=C(Nc1cccnc1)C1Cc2ccccc2O1. The average molecular weight is 240 g/mol. The Hall–Kier alpha value is -2.36. The van der Waals surface area contributed by atoms with Crippen molar-refractivity contribution >= 4 is 11.6 Å². The second-order valence-corrected chi connectivity index (χ2v) is 4.15. The van der Waals surface area contributed by atoms with Crippen LogP contribution in [0.25, 0.3) is 0 Å². The number of pyridine rings is 1. The molecule has 1 aromatic heterocycles. The number of hydrogen-bond donors (Lipinski definition) is 1. The Bertz CT molecular complexity index is 544. The van der Waals surface area contributed by atoms with Crippen molar-refractivity contribution in [2.24, 2.45) is 0 Å². The molecule has 1 unspecified atom stereocenters. The normalized spacial score (nSPS) is 16.8. The third-order valence-corrected chi connectivity index (χ3v) is 2.87. The minimum Gasteiger partial charge on any atom is -0.480 e. The van der Waals surface area contributed by atoms with E-state index in [4.69, 9.17) is 4.74 Å². The van der Waals surface area contributed by atoms with Crippen LogP contribution in [0.4, 0.5) is 5.69 Å². The van der Waals surface area contributed by atoms with E-state index in [1.54, 1.807) is 24.5 Å². The lowest BCUT2D eigenvalue weighted by atomic mass is 10.1. The molecular formula is C14H12N2O2. The van der Waals surface area contributed by atoms with Crippen LogP contribution in [-0.4, -0.2) is 17.0 Å². The molecule has 1 aliphatic rings. The summed E-state index contributed by atoms with van der Waals surface area (Å²) in [5, 5.41) is 2.79. The molecular weight excluding hydrogens is 228 g/mol. The average Bonchev–Trinajstić information content (AvgIpc) is 2.84. The number of amides is 1. The van der Waals surface area contributed by atoms with E-state index in [1.165, 1.54) is 0 Å². The van der Waals surface area contributed by atoms with Gasteiger partial charge in [-0.25, -0.2) is 0 Å². The smallest absolute Gasteiger partial charge is 0.265 e. The summed E-state index contributed by atoms with van der Waals surface area (Å²) >= 11 is 0. The number of nitrogens with one attached hydrogen (secondary N) is 1. The number of aromatic nitrogens is 1. The molecule has 0 saturated heterocycles. The van der Waals surface area contributed by atoms with Gasteiger partial charge in [-0.05, 0) is 23.8 Å². The molecule has 0 saturated carbocycles. The van der Waals surface area contributed by atoms with E-state index in [-0.39, 0.29) is 5.91 Å². The Morgan fingerprint density at radius 1 is 1.28 bits per heavy atom. The minimum atomic E-state index is -0.456. The van der Waals surface area contributed by atoms with Gasteiger partial charge in [0.1, 0.15) is 5.75 Å². The van der Waals surface area contributed by atoms with Gasteiger partial charge in [0, 0.05) is 12.6 Å². The van der Waals surface area contributed by atoms with Crippen molar-refractivity contribution in [3.8, 4) is 5.75 Å². The number of fused-ring (bicyclic) bond motifs is 1. The third-order valence-electron chi connectivity index (χ3n) is 2.87. The molecule has 2 heterocycles. The second-order valence-electron chi connectivity index (χ2n) is 4.15. The van der Waals surface area contributed by atoms with E-state index < -0.39 is 6.10 Å². The first kappa shape index (κ1) is 10.8. The van der Waals surface area contributed by atoms with E-state index in [2.05, 4.69) is 10.3 Å². The molecule has 4 heteroatoms. The van der Waals surface area contributed by atoms with Gasteiger partial charge in [0.05, 0.1) is 11.9 Å². The molecule has 18 heavy (non-hydrogen) atoms. The van der Waals surface area contributed by atoms with Crippen LogP contribution in [0, 0.1) is 0 Å². The number of ether oxygens (including phenoxy) is 1. The highest BCUT2D eigenvalue weighted by atomic mass is 16.5. The number of rotatable bonds is 2. The Kier molecular flexibility index (Phi) is 2.68. The van der Waals surface area contributed by atoms with Crippen LogP contribution in [0.15, 0.2) is 48.8 Å². The molecule has 0 fully saturated rings. The van der Waals surface area contributed by atoms with Crippen LogP contribution in [0.1, 0.15) is 5.56 Å². The van der Waals surface area contributed by atoms with Gasteiger partial charge in [0.15, 0.2) is 6.10 Å². The van der Waals surface area contributed by atoms with Gasteiger partial charge in [0.25, 0.3) is 5.91 Å². The van der Waals surface area contributed by atoms with Crippen molar-refractivity contribution in [2.75, 3.05) is 5.32 Å². The summed E-state index contributed by atoms with van der Waals surface area (Å²) in [6, 6.07) is 11.3. The second kappa shape index (κ2) is 4.49. The summed E-state index contributed by atoms with van der Waals surface area (Å²) in [6.07, 6.45) is 3.43. The van der Waals surface area contributed by atoms with Gasteiger partial charge >= 0.3 is 0 Å². The fourth-order valence-electron chi connectivity index (χ4n) is 1.99. The van der Waals surface area contributed by atoms with Crippen molar-refractivity contribution in [1.82, 2.24) is 4.98 Å². The summed E-state index contributed by atoms with van der Waals surface area (Å²) in [5.74, 6) is 0.656. The molecule has 1 aliphatic heterocycles. The van der Waals surface area contributed by atoms with Crippen LogP contribution < -0.4 is 10.1 Å². The number of hydrogen-bond acceptors (Lipinski definition) is 3. The fraction of sp³-hybridized carbons (Fsp3) is 0.143. The summed E-state index contributed by atoms with van der Waals surface area (Å²) in [6.45, 7) is 0. The van der Waals surface area contributed by atoms with Gasteiger partial charge in [-0.1, -0.05) is 18.2 Å². The minimum absolute atomic E-state index is 0.140. The van der Waals surface area contributed by atoms with Crippen molar-refractivity contribution in [3.05, 3.63) is 54.4 Å². The highest BCUT2D eigenvalue weighted by Gasteiger charge is 2.28. The number of nitrogens with zero attached hydrogens (tertiary/aromatic N) is 1. The lowest BCUT2D eigenvalue weighted by Gasteiger charge is -2.10. The molecule has 0 spiro atoms. The van der Waals surface area contributed by atoms with Crippen LogP contribution in [0.5, 0.6) is 5.75 Å². The largest absolute Gasteiger partial charge is 0.480 e. The van der Waals surface area contributed by atoms with Crippen LogP contribution in [0.3, 0.4) is 0 Å². The lowest BCUT2D eigenvalue weighted by molar-refractivity contribution is -0.122.